The third-order valence-corrected chi connectivity index (χ3v) is 8.14. The van der Waals surface area contributed by atoms with E-state index < -0.39 is 7.82 Å². The summed E-state index contributed by atoms with van der Waals surface area (Å²) in [7, 11) is -4.86. The lowest BCUT2D eigenvalue weighted by Gasteiger charge is -2.26. The van der Waals surface area contributed by atoms with E-state index in [1.165, 1.54) is 6.07 Å². The van der Waals surface area contributed by atoms with Crippen molar-refractivity contribution in [1.82, 2.24) is 14.5 Å². The van der Waals surface area contributed by atoms with Crippen LogP contribution in [0.3, 0.4) is 0 Å². The molecule has 2 heterocycles. The molecule has 7 N–H and O–H groups in total. The van der Waals surface area contributed by atoms with Gasteiger partial charge in [-0.05, 0) is 56.2 Å². The second-order valence-corrected chi connectivity index (χ2v) is 13.6. The summed E-state index contributed by atoms with van der Waals surface area (Å²) >= 11 is 0. The first kappa shape index (κ1) is 32.7. The van der Waals surface area contributed by atoms with Crippen molar-refractivity contribution in [2.24, 2.45) is 5.73 Å². The van der Waals surface area contributed by atoms with E-state index in [0.29, 0.717) is 36.5 Å². The number of nitrogens with zero attached hydrogens (tertiary/aromatic N) is 3. The highest BCUT2D eigenvalue weighted by molar-refractivity contribution is 7.46. The molecule has 2 aromatic carbocycles. The number of phosphoric acid groups is 1. The Morgan fingerprint density at radius 2 is 1.77 bits per heavy atom. The zero-order valence-electron chi connectivity index (χ0n) is 25.6. The van der Waals surface area contributed by atoms with Crippen LogP contribution in [0.5, 0.6) is 11.5 Å². The number of rotatable bonds is 14. The van der Waals surface area contributed by atoms with Gasteiger partial charge in [-0.25, -0.2) is 14.5 Å². The maximum absolute atomic E-state index is 11.4. The molecule has 0 saturated heterocycles. The Hall–Kier alpha value is -3.21. The number of benzene rings is 2. The van der Waals surface area contributed by atoms with Crippen molar-refractivity contribution in [2.45, 2.75) is 84.2 Å². The number of para-hydroxylation sites is 1. The molecule has 0 spiro atoms. The van der Waals surface area contributed by atoms with Crippen LogP contribution in [0.25, 0.3) is 21.9 Å². The van der Waals surface area contributed by atoms with Gasteiger partial charge in [0, 0.05) is 36.1 Å². The van der Waals surface area contributed by atoms with Crippen LogP contribution < -0.4 is 16.0 Å². The Balaban J connectivity index is 1.74. The number of hydrogen-bond acceptors (Lipinski definition) is 8. The van der Waals surface area contributed by atoms with E-state index in [2.05, 4.69) is 32.9 Å². The standard InChI is InChI=1S/C31H44N5O6P/c1-6-7-11-25-35-26-27(36(25)19-20-9-8-10-24(28(20)37)42-43(38,39)40)22-13-12-21(18-23(22)34-29(26)32)30(2,3)14-16-41-17-15-31(4,5)33/h8-10,12-13,18,37H,6-7,11,14-17,19,33H2,1-5H3,(H2,32,34)(H2,38,39,40). The highest BCUT2D eigenvalue weighted by Crippen LogP contribution is 2.43. The lowest BCUT2D eigenvalue weighted by atomic mass is 9.81. The fourth-order valence-corrected chi connectivity index (χ4v) is 5.45. The number of nitrogens with two attached hydrogens (primary N) is 2. The highest BCUT2D eigenvalue weighted by atomic mass is 31.2. The van der Waals surface area contributed by atoms with Crippen molar-refractivity contribution in [3.05, 3.63) is 53.3 Å². The second-order valence-electron chi connectivity index (χ2n) is 12.5. The van der Waals surface area contributed by atoms with Crippen molar-refractivity contribution < 1.29 is 28.7 Å². The van der Waals surface area contributed by atoms with E-state index >= 15 is 0 Å². The van der Waals surface area contributed by atoms with Gasteiger partial charge in [-0.15, -0.1) is 0 Å². The van der Waals surface area contributed by atoms with Crippen LogP contribution in [0, 0.1) is 0 Å². The molecule has 12 heteroatoms. The van der Waals surface area contributed by atoms with Gasteiger partial charge in [0.2, 0.25) is 0 Å². The van der Waals surface area contributed by atoms with Crippen molar-refractivity contribution >= 4 is 35.6 Å². The predicted molar refractivity (Wildman–Crippen MR) is 169 cm³/mol. The number of pyridine rings is 1. The number of aryl methyl sites for hydroxylation is 1. The number of phenols is 1. The molecule has 0 aliphatic carbocycles. The van der Waals surface area contributed by atoms with E-state index in [1.807, 2.05) is 24.5 Å². The van der Waals surface area contributed by atoms with Crippen LogP contribution in [-0.2, 0) is 27.7 Å². The van der Waals surface area contributed by atoms with Gasteiger partial charge in [0.25, 0.3) is 0 Å². The van der Waals surface area contributed by atoms with Gasteiger partial charge in [0.05, 0.1) is 17.6 Å². The zero-order valence-corrected chi connectivity index (χ0v) is 26.5. The van der Waals surface area contributed by atoms with E-state index in [1.54, 1.807) is 12.1 Å². The number of unbranched alkanes of at least 4 members (excludes halogenated alkanes) is 1. The number of phosphoric ester groups is 1. The molecule has 0 aliphatic heterocycles. The van der Waals surface area contributed by atoms with Crippen LogP contribution >= 0.6 is 7.82 Å². The number of nitrogen functional groups attached to an aromatic ring is 1. The molecule has 0 radical (unpaired) electrons. The third-order valence-electron chi connectivity index (χ3n) is 7.71. The second kappa shape index (κ2) is 12.8. The molecule has 4 rings (SSSR count). The summed E-state index contributed by atoms with van der Waals surface area (Å²) in [5, 5.41) is 11.7. The van der Waals surface area contributed by atoms with E-state index in [0.717, 1.165) is 53.5 Å². The lowest BCUT2D eigenvalue weighted by molar-refractivity contribution is 0.105. The van der Waals surface area contributed by atoms with Crippen LogP contribution in [0.1, 0.15) is 77.3 Å². The SMILES string of the molecule is CCCCc1nc2c(N)nc3cc(C(C)(C)CCOCCC(C)(C)N)ccc3c2n1Cc1cccc(OP(=O)(O)O)c1O. The minimum absolute atomic E-state index is 0.183. The first-order chi connectivity index (χ1) is 20.1. The predicted octanol–water partition coefficient (Wildman–Crippen LogP) is 5.55. The molecular formula is C31H44N5O6P. The maximum atomic E-state index is 11.4. The number of imidazole rings is 1. The molecule has 0 atom stereocenters. The molecule has 0 saturated carbocycles. The van der Waals surface area contributed by atoms with Gasteiger partial charge in [-0.2, -0.15) is 0 Å². The molecule has 0 unspecified atom stereocenters. The Morgan fingerprint density at radius 1 is 1.05 bits per heavy atom. The average Bonchev–Trinajstić information content (AvgIpc) is 3.26. The molecular weight excluding hydrogens is 569 g/mol. The van der Waals surface area contributed by atoms with E-state index in [-0.39, 0.29) is 29.0 Å². The molecule has 0 amide bonds. The number of ether oxygens (including phenoxy) is 1. The summed E-state index contributed by atoms with van der Waals surface area (Å²) in [6.07, 6.45) is 4.13. The molecule has 0 aliphatic rings. The number of anilines is 1. The fraction of sp³-hybridized carbons (Fsp3) is 0.484. The first-order valence-electron chi connectivity index (χ1n) is 14.6. The fourth-order valence-electron chi connectivity index (χ4n) is 5.05. The Morgan fingerprint density at radius 3 is 2.44 bits per heavy atom. The van der Waals surface area contributed by atoms with Gasteiger partial charge in [-0.3, -0.25) is 9.79 Å². The van der Waals surface area contributed by atoms with Crippen molar-refractivity contribution in [1.29, 1.82) is 0 Å². The Kier molecular flexibility index (Phi) is 9.73. The topological polar surface area (TPSA) is 179 Å². The molecule has 2 aromatic heterocycles. The summed E-state index contributed by atoms with van der Waals surface area (Å²) in [6.45, 7) is 11.8. The zero-order chi connectivity index (χ0) is 31.6. The number of hydrogen-bond donors (Lipinski definition) is 5. The van der Waals surface area contributed by atoms with E-state index in [9.17, 15) is 19.5 Å². The maximum Gasteiger partial charge on any atom is 0.524 e. The number of aromatic hydroxyl groups is 1. The largest absolute Gasteiger partial charge is 0.524 e. The van der Waals surface area contributed by atoms with Crippen LogP contribution in [0.4, 0.5) is 5.82 Å². The molecule has 4 aromatic rings. The van der Waals surface area contributed by atoms with Crippen LogP contribution in [-0.4, -0.2) is 48.2 Å². The van der Waals surface area contributed by atoms with Crippen molar-refractivity contribution in [3.8, 4) is 11.5 Å². The number of fused-ring (bicyclic) bond motifs is 3. The number of aromatic nitrogens is 3. The van der Waals surface area contributed by atoms with Gasteiger partial charge in [0.1, 0.15) is 11.3 Å². The first-order valence-corrected chi connectivity index (χ1v) is 16.1. The summed E-state index contributed by atoms with van der Waals surface area (Å²) in [6, 6.07) is 10.8. The normalized spacial score (nSPS) is 12.8. The quantitative estimate of drug-likeness (QED) is 0.0894. The minimum atomic E-state index is -4.86. The summed E-state index contributed by atoms with van der Waals surface area (Å²) in [5.74, 6) is 0.450. The van der Waals surface area contributed by atoms with Crippen molar-refractivity contribution in [2.75, 3.05) is 18.9 Å². The molecule has 0 bridgehead atoms. The van der Waals surface area contributed by atoms with Gasteiger partial charge >= 0.3 is 7.82 Å². The summed E-state index contributed by atoms with van der Waals surface area (Å²) < 4.78 is 24.0. The average molecular weight is 614 g/mol. The van der Waals surface area contributed by atoms with E-state index in [4.69, 9.17) is 30.7 Å². The Labute approximate surface area is 252 Å². The van der Waals surface area contributed by atoms with Gasteiger partial charge in [-0.1, -0.05) is 51.5 Å². The lowest BCUT2D eigenvalue weighted by Crippen LogP contribution is -2.33. The highest BCUT2D eigenvalue weighted by Gasteiger charge is 2.25. The van der Waals surface area contributed by atoms with Crippen LogP contribution in [0.2, 0.25) is 0 Å². The molecule has 0 fully saturated rings. The number of phenolic OH excluding ortho intramolecular Hbond substituents is 1. The molecule has 234 valence electrons. The summed E-state index contributed by atoms with van der Waals surface area (Å²) in [5.41, 5.74) is 15.7. The summed E-state index contributed by atoms with van der Waals surface area (Å²) in [4.78, 5) is 28.2. The van der Waals surface area contributed by atoms with Gasteiger partial charge in [0.15, 0.2) is 17.3 Å². The molecule has 11 nitrogen and oxygen atoms in total. The third kappa shape index (κ3) is 8.04. The smallest absolute Gasteiger partial charge is 0.504 e. The Bertz CT molecular complexity index is 1640. The minimum Gasteiger partial charge on any atom is -0.504 e. The van der Waals surface area contributed by atoms with Gasteiger partial charge < -0.3 is 30.4 Å². The molecule has 43 heavy (non-hydrogen) atoms. The van der Waals surface area contributed by atoms with Crippen LogP contribution in [0.15, 0.2) is 36.4 Å². The monoisotopic (exact) mass is 613 g/mol. The van der Waals surface area contributed by atoms with Crippen molar-refractivity contribution in [3.63, 3.8) is 0 Å².